The Morgan fingerprint density at radius 3 is 2.37 bits per heavy atom. The minimum Gasteiger partial charge on any atom is -0.739 e. The predicted molar refractivity (Wildman–Crippen MR) is 101 cm³/mol. The molecule has 1 aromatic carbocycles. The van der Waals surface area contributed by atoms with Crippen molar-refractivity contribution in [1.82, 2.24) is 10.4 Å². The second-order valence-corrected chi connectivity index (χ2v) is 7.25. The molecule has 2 N–H and O–H groups in total. The van der Waals surface area contributed by atoms with E-state index in [1.807, 2.05) is 20.8 Å². The molecule has 2 rings (SSSR count). The van der Waals surface area contributed by atoms with E-state index in [0.29, 0.717) is 22.7 Å². The van der Waals surface area contributed by atoms with E-state index in [4.69, 9.17) is 4.74 Å². The highest BCUT2D eigenvalue weighted by Crippen LogP contribution is 2.07. The maximum absolute atomic E-state index is 12.2. The lowest BCUT2D eigenvalue weighted by Gasteiger charge is -2.19. The molecule has 0 saturated heterocycles. The average molecular weight is 377 g/mol. The molecule has 9 nitrogen and oxygen atoms in total. The first-order valence-electron chi connectivity index (χ1n) is 9.11. The zero-order chi connectivity index (χ0) is 19.9. The van der Waals surface area contributed by atoms with Gasteiger partial charge in [0.25, 0.3) is 5.52 Å². The van der Waals surface area contributed by atoms with Gasteiger partial charge in [0.05, 0.1) is 6.54 Å². The van der Waals surface area contributed by atoms with E-state index in [1.165, 1.54) is 0 Å². The van der Waals surface area contributed by atoms with Gasteiger partial charge in [-0.05, 0) is 39.7 Å². The highest BCUT2D eigenvalue weighted by Gasteiger charge is 2.19. The van der Waals surface area contributed by atoms with E-state index < -0.39 is 11.7 Å². The first kappa shape index (κ1) is 20.5. The van der Waals surface area contributed by atoms with E-state index in [9.17, 15) is 15.2 Å². The standard InChI is InChI=1S/C18H27N5O4/c1-18(2,3)27-17(24)20-13-9-5-4-8-12-19-16-21-23(26)15-11-7-6-10-14(15)22(16)25/h6-7,10-11H,4-5,8-9,12-13H2,1-3H3,(H,19,21)(H,20,24). The first-order chi connectivity index (χ1) is 12.8. The second-order valence-electron chi connectivity index (χ2n) is 7.25. The van der Waals surface area contributed by atoms with Gasteiger partial charge in [0.2, 0.25) is 5.10 Å². The van der Waals surface area contributed by atoms with Crippen LogP contribution < -0.4 is 20.2 Å². The number of ether oxygens (including phenoxy) is 1. The minimum atomic E-state index is -0.493. The monoisotopic (exact) mass is 377 g/mol. The number of anilines is 1. The fourth-order valence-electron chi connectivity index (χ4n) is 2.51. The number of para-hydroxylation sites is 2. The highest BCUT2D eigenvalue weighted by atomic mass is 16.6. The molecule has 1 aromatic heterocycles. The number of unbranched alkanes of at least 4 members (excludes halogenated alkanes) is 3. The van der Waals surface area contributed by atoms with Crippen LogP contribution in [0.15, 0.2) is 24.3 Å². The van der Waals surface area contributed by atoms with Gasteiger partial charge in [0, 0.05) is 17.5 Å². The molecule has 0 aliphatic carbocycles. The highest BCUT2D eigenvalue weighted by molar-refractivity contribution is 5.67. The number of alkyl carbamates (subject to hydrolysis) is 1. The van der Waals surface area contributed by atoms with Gasteiger partial charge in [0.15, 0.2) is 5.52 Å². The quantitative estimate of drug-likeness (QED) is 0.413. The van der Waals surface area contributed by atoms with Crippen LogP contribution >= 0.6 is 0 Å². The van der Waals surface area contributed by atoms with Gasteiger partial charge in [-0.3, -0.25) is 5.32 Å². The number of hydrogen-bond donors (Lipinski definition) is 2. The molecule has 1 heterocycles. The second kappa shape index (κ2) is 9.20. The zero-order valence-electron chi connectivity index (χ0n) is 16.0. The molecule has 0 fully saturated rings. The molecule has 0 aliphatic heterocycles. The van der Waals surface area contributed by atoms with Crippen molar-refractivity contribution < 1.29 is 19.1 Å². The molecule has 1 amide bonds. The maximum atomic E-state index is 12.2. The number of aromatic nitrogens is 3. The van der Waals surface area contributed by atoms with Gasteiger partial charge in [0.1, 0.15) is 5.60 Å². The van der Waals surface area contributed by atoms with E-state index >= 15 is 0 Å². The number of carbonyl (C=O) groups excluding carboxylic acids is 1. The summed E-state index contributed by atoms with van der Waals surface area (Å²) in [6.07, 6.45) is 3.11. The molecule has 0 unspecified atom stereocenters. The van der Waals surface area contributed by atoms with Crippen molar-refractivity contribution in [1.29, 1.82) is 0 Å². The van der Waals surface area contributed by atoms with Crippen LogP contribution in [-0.2, 0) is 4.74 Å². The fraction of sp³-hybridized carbons (Fsp3) is 0.556. The average Bonchev–Trinajstić information content (AvgIpc) is 2.59. The molecule has 27 heavy (non-hydrogen) atoms. The van der Waals surface area contributed by atoms with E-state index in [1.54, 1.807) is 24.3 Å². The van der Waals surface area contributed by atoms with Crippen LogP contribution in [0.2, 0.25) is 0 Å². The van der Waals surface area contributed by atoms with Gasteiger partial charge >= 0.3 is 12.0 Å². The molecule has 0 bridgehead atoms. The summed E-state index contributed by atoms with van der Waals surface area (Å²) >= 11 is 0. The summed E-state index contributed by atoms with van der Waals surface area (Å²) in [6.45, 7) is 6.57. The number of rotatable bonds is 8. The summed E-state index contributed by atoms with van der Waals surface area (Å²) in [7, 11) is 0. The number of fused-ring (bicyclic) bond motifs is 1. The number of hydrogen-bond acceptors (Lipinski definition) is 6. The molecule has 0 atom stereocenters. The van der Waals surface area contributed by atoms with Crippen LogP contribution in [0.5, 0.6) is 0 Å². The molecule has 0 saturated carbocycles. The summed E-state index contributed by atoms with van der Waals surface area (Å²) in [6, 6.07) is 6.52. The lowest BCUT2D eigenvalue weighted by molar-refractivity contribution is -0.672. The van der Waals surface area contributed by atoms with Gasteiger partial charge in [-0.1, -0.05) is 25.0 Å². The number of amides is 1. The number of nitrogens with zero attached hydrogens (tertiary/aromatic N) is 3. The van der Waals surface area contributed by atoms with Crippen molar-refractivity contribution in [2.24, 2.45) is 0 Å². The third-order valence-electron chi connectivity index (χ3n) is 3.74. The fourth-order valence-corrected chi connectivity index (χ4v) is 2.51. The largest absolute Gasteiger partial charge is 0.739 e. The first-order valence-corrected chi connectivity index (χ1v) is 9.11. The third-order valence-corrected chi connectivity index (χ3v) is 3.74. The smallest absolute Gasteiger partial charge is 0.460 e. The Bertz CT molecular complexity index is 776. The van der Waals surface area contributed by atoms with Crippen LogP contribution in [0.25, 0.3) is 11.0 Å². The van der Waals surface area contributed by atoms with Crippen LogP contribution in [-0.4, -0.2) is 29.9 Å². The van der Waals surface area contributed by atoms with Crippen LogP contribution in [0.3, 0.4) is 0 Å². The lowest BCUT2D eigenvalue weighted by atomic mass is 10.2. The predicted octanol–water partition coefficient (Wildman–Crippen LogP) is 2.00. The molecule has 0 radical (unpaired) electrons. The summed E-state index contributed by atoms with van der Waals surface area (Å²) in [4.78, 5) is 11.9. The summed E-state index contributed by atoms with van der Waals surface area (Å²) < 4.78 is 5.79. The van der Waals surface area contributed by atoms with E-state index in [-0.39, 0.29) is 17.0 Å². The van der Waals surface area contributed by atoms with Crippen molar-refractivity contribution in [2.75, 3.05) is 18.4 Å². The lowest BCUT2D eigenvalue weighted by Crippen LogP contribution is -2.44. The third kappa shape index (κ3) is 6.43. The molecular weight excluding hydrogens is 350 g/mol. The van der Waals surface area contributed by atoms with Crippen molar-refractivity contribution in [3.05, 3.63) is 34.7 Å². The summed E-state index contributed by atoms with van der Waals surface area (Å²) in [5, 5.41) is 33.5. The van der Waals surface area contributed by atoms with Crippen LogP contribution in [0.1, 0.15) is 46.5 Å². The Balaban J connectivity index is 1.66. The number of benzene rings is 1. The topological polar surface area (TPSA) is 117 Å². The van der Waals surface area contributed by atoms with Crippen LogP contribution in [0.4, 0.5) is 10.7 Å². The summed E-state index contributed by atoms with van der Waals surface area (Å²) in [5.41, 5.74) is 0.0153. The van der Waals surface area contributed by atoms with Crippen molar-refractivity contribution in [3.8, 4) is 0 Å². The summed E-state index contributed by atoms with van der Waals surface area (Å²) in [5.74, 6) is -0.00436. The molecule has 0 aliphatic rings. The van der Waals surface area contributed by atoms with Gasteiger partial charge in [-0.2, -0.15) is 0 Å². The van der Waals surface area contributed by atoms with Crippen molar-refractivity contribution >= 4 is 23.1 Å². The van der Waals surface area contributed by atoms with E-state index in [2.05, 4.69) is 15.7 Å². The Morgan fingerprint density at radius 1 is 1.07 bits per heavy atom. The van der Waals surface area contributed by atoms with Crippen LogP contribution in [0, 0.1) is 10.4 Å². The molecular formula is C18H27N5O4. The SMILES string of the molecule is CC(C)(C)OC(=O)NCCCCCCNc1n[n+]([O-])c2ccccc2[n+]1[O-]. The van der Waals surface area contributed by atoms with Crippen molar-refractivity contribution in [2.45, 2.75) is 52.1 Å². The van der Waals surface area contributed by atoms with Crippen molar-refractivity contribution in [3.63, 3.8) is 0 Å². The Labute approximate surface area is 158 Å². The Morgan fingerprint density at radius 2 is 1.70 bits per heavy atom. The van der Waals surface area contributed by atoms with Gasteiger partial charge in [-0.25, -0.2) is 9.52 Å². The normalized spacial score (nSPS) is 11.4. The number of carbonyl (C=O) groups is 1. The Kier molecular flexibility index (Phi) is 6.98. The molecule has 148 valence electrons. The van der Waals surface area contributed by atoms with Gasteiger partial charge < -0.3 is 20.5 Å². The molecule has 9 heteroatoms. The molecule has 0 spiro atoms. The molecule has 2 aromatic rings. The number of nitrogens with one attached hydrogen (secondary N) is 2. The van der Waals surface area contributed by atoms with E-state index in [0.717, 1.165) is 25.7 Å². The Hall–Kier alpha value is -2.84. The van der Waals surface area contributed by atoms with Gasteiger partial charge in [-0.15, -0.1) is 0 Å². The zero-order valence-corrected chi connectivity index (χ0v) is 16.0. The minimum absolute atomic E-state index is 0.00436. The maximum Gasteiger partial charge on any atom is 0.460 e.